The Kier molecular flexibility index (Phi) is 3.57. The zero-order valence-corrected chi connectivity index (χ0v) is 10.8. The molecule has 84 valence electrons. The number of aromatic nitrogens is 2. The van der Waals surface area contributed by atoms with Crippen LogP contribution in [0.2, 0.25) is 5.28 Å². The van der Waals surface area contributed by atoms with E-state index in [-0.39, 0.29) is 5.28 Å². The van der Waals surface area contributed by atoms with Gasteiger partial charge in [-0.05, 0) is 51.8 Å². The Labute approximate surface area is 111 Å². The predicted octanol–water partition coefficient (Wildman–Crippen LogP) is 3.51. The highest BCUT2D eigenvalue weighted by atomic mass is 79.9. The van der Waals surface area contributed by atoms with Crippen LogP contribution in [-0.2, 0) is 0 Å². The summed E-state index contributed by atoms with van der Waals surface area (Å²) in [6.45, 7) is 0. The molecular formula is C11H6BrClN4. The molecule has 1 aromatic carbocycles. The van der Waals surface area contributed by atoms with Gasteiger partial charge in [0.1, 0.15) is 10.4 Å². The highest BCUT2D eigenvalue weighted by molar-refractivity contribution is 9.10. The third-order valence-corrected chi connectivity index (χ3v) is 2.53. The van der Waals surface area contributed by atoms with Crippen molar-refractivity contribution in [2.45, 2.75) is 0 Å². The normalized spacial score (nSPS) is 9.71. The number of nitrogens with one attached hydrogen (secondary N) is 1. The van der Waals surface area contributed by atoms with E-state index in [2.05, 4.69) is 37.3 Å². The van der Waals surface area contributed by atoms with Crippen LogP contribution in [0, 0.1) is 11.3 Å². The molecule has 0 amide bonds. The lowest BCUT2D eigenvalue weighted by molar-refractivity contribution is 1.14. The van der Waals surface area contributed by atoms with E-state index in [4.69, 9.17) is 16.9 Å². The van der Waals surface area contributed by atoms with E-state index in [1.807, 2.05) is 0 Å². The molecule has 0 radical (unpaired) electrons. The average Bonchev–Trinajstić information content (AvgIpc) is 2.28. The van der Waals surface area contributed by atoms with Crippen LogP contribution in [0.1, 0.15) is 5.56 Å². The highest BCUT2D eigenvalue weighted by Crippen LogP contribution is 2.19. The number of nitriles is 1. The molecule has 6 heteroatoms. The zero-order valence-electron chi connectivity index (χ0n) is 8.48. The summed E-state index contributed by atoms with van der Waals surface area (Å²) in [5, 5.41) is 11.9. The second-order valence-corrected chi connectivity index (χ2v) is 4.31. The maximum Gasteiger partial charge on any atom is 0.225 e. The fourth-order valence-corrected chi connectivity index (χ4v) is 1.90. The summed E-state index contributed by atoms with van der Waals surface area (Å²) in [5.41, 5.74) is 1.43. The van der Waals surface area contributed by atoms with Crippen molar-refractivity contribution in [2.24, 2.45) is 0 Å². The quantitative estimate of drug-likeness (QED) is 0.681. The standard InChI is InChI=1S/C11H6BrClN4/c12-9-5-10(17-11(13)16-9)15-8-3-1-7(6-14)2-4-8/h1-5H,(H,15,16,17). The van der Waals surface area contributed by atoms with Crippen molar-refractivity contribution in [3.63, 3.8) is 0 Å². The fourth-order valence-electron chi connectivity index (χ4n) is 1.23. The van der Waals surface area contributed by atoms with Crippen molar-refractivity contribution in [3.05, 3.63) is 45.8 Å². The fraction of sp³-hybridized carbons (Fsp3) is 0. The molecule has 17 heavy (non-hydrogen) atoms. The van der Waals surface area contributed by atoms with Crippen molar-refractivity contribution >= 4 is 39.0 Å². The largest absolute Gasteiger partial charge is 0.340 e. The van der Waals surface area contributed by atoms with Crippen LogP contribution < -0.4 is 5.32 Å². The molecule has 0 aliphatic carbocycles. The van der Waals surface area contributed by atoms with Crippen LogP contribution in [0.15, 0.2) is 34.9 Å². The van der Waals surface area contributed by atoms with Gasteiger partial charge in [0.25, 0.3) is 0 Å². The van der Waals surface area contributed by atoms with E-state index < -0.39 is 0 Å². The Bertz CT molecular complexity index is 557. The lowest BCUT2D eigenvalue weighted by Crippen LogP contribution is -1.95. The molecule has 1 N–H and O–H groups in total. The lowest BCUT2D eigenvalue weighted by atomic mass is 10.2. The van der Waals surface area contributed by atoms with Gasteiger partial charge in [-0.3, -0.25) is 0 Å². The molecule has 2 rings (SSSR count). The lowest BCUT2D eigenvalue weighted by Gasteiger charge is -2.05. The SMILES string of the molecule is N#Cc1ccc(Nc2cc(Br)nc(Cl)n2)cc1. The van der Waals surface area contributed by atoms with E-state index in [0.717, 1.165) is 5.69 Å². The Morgan fingerprint density at radius 2 is 1.94 bits per heavy atom. The first kappa shape index (κ1) is 11.8. The summed E-state index contributed by atoms with van der Waals surface area (Å²) in [7, 11) is 0. The molecule has 0 saturated carbocycles. The van der Waals surface area contributed by atoms with Crippen LogP contribution in [0.4, 0.5) is 11.5 Å². The van der Waals surface area contributed by atoms with Crippen LogP contribution in [0.5, 0.6) is 0 Å². The molecule has 0 fully saturated rings. The third kappa shape index (κ3) is 3.16. The smallest absolute Gasteiger partial charge is 0.225 e. The molecule has 2 aromatic rings. The minimum Gasteiger partial charge on any atom is -0.340 e. The summed E-state index contributed by atoms with van der Waals surface area (Å²) in [4.78, 5) is 7.91. The summed E-state index contributed by atoms with van der Waals surface area (Å²) in [6, 6.07) is 10.8. The van der Waals surface area contributed by atoms with Crippen molar-refractivity contribution < 1.29 is 0 Å². The number of nitrogens with zero attached hydrogens (tertiary/aromatic N) is 3. The van der Waals surface area contributed by atoms with Crippen molar-refractivity contribution in [2.75, 3.05) is 5.32 Å². The molecule has 1 aromatic heterocycles. The van der Waals surface area contributed by atoms with E-state index in [0.29, 0.717) is 16.0 Å². The molecule has 0 aliphatic heterocycles. The van der Waals surface area contributed by atoms with Gasteiger partial charge in [0, 0.05) is 11.8 Å². The van der Waals surface area contributed by atoms with E-state index in [1.54, 1.807) is 30.3 Å². The summed E-state index contributed by atoms with van der Waals surface area (Å²) >= 11 is 8.96. The second kappa shape index (κ2) is 5.13. The number of benzene rings is 1. The maximum atomic E-state index is 8.68. The minimum absolute atomic E-state index is 0.163. The topological polar surface area (TPSA) is 61.6 Å². The van der Waals surface area contributed by atoms with E-state index in [9.17, 15) is 0 Å². The predicted molar refractivity (Wildman–Crippen MR) is 69.2 cm³/mol. The van der Waals surface area contributed by atoms with E-state index in [1.165, 1.54) is 0 Å². The van der Waals surface area contributed by atoms with Gasteiger partial charge in [-0.2, -0.15) is 5.26 Å². The summed E-state index contributed by atoms with van der Waals surface area (Å²) in [5.74, 6) is 0.585. The Balaban J connectivity index is 2.22. The van der Waals surface area contributed by atoms with Gasteiger partial charge in [-0.25, -0.2) is 9.97 Å². The molecular weight excluding hydrogens is 304 g/mol. The molecule has 0 aliphatic rings. The van der Waals surface area contributed by atoms with Gasteiger partial charge in [0.05, 0.1) is 11.6 Å². The first-order chi connectivity index (χ1) is 8.17. The van der Waals surface area contributed by atoms with Crippen LogP contribution in [0.3, 0.4) is 0 Å². The molecule has 1 heterocycles. The number of anilines is 2. The zero-order chi connectivity index (χ0) is 12.3. The van der Waals surface area contributed by atoms with Gasteiger partial charge < -0.3 is 5.32 Å². The number of hydrogen-bond acceptors (Lipinski definition) is 4. The Hall–Kier alpha value is -1.64. The first-order valence-corrected chi connectivity index (χ1v) is 5.82. The van der Waals surface area contributed by atoms with Gasteiger partial charge in [0.2, 0.25) is 5.28 Å². The van der Waals surface area contributed by atoms with Gasteiger partial charge >= 0.3 is 0 Å². The summed E-state index contributed by atoms with van der Waals surface area (Å²) in [6.07, 6.45) is 0. The van der Waals surface area contributed by atoms with Crippen molar-refractivity contribution in [1.82, 2.24) is 9.97 Å². The van der Waals surface area contributed by atoms with Gasteiger partial charge in [-0.1, -0.05) is 0 Å². The Morgan fingerprint density at radius 1 is 1.24 bits per heavy atom. The minimum atomic E-state index is 0.163. The highest BCUT2D eigenvalue weighted by Gasteiger charge is 2.01. The van der Waals surface area contributed by atoms with Crippen molar-refractivity contribution in [3.8, 4) is 6.07 Å². The van der Waals surface area contributed by atoms with Gasteiger partial charge in [0.15, 0.2) is 0 Å². The number of halogens is 2. The maximum absolute atomic E-state index is 8.68. The van der Waals surface area contributed by atoms with Gasteiger partial charge in [-0.15, -0.1) is 0 Å². The second-order valence-electron chi connectivity index (χ2n) is 3.16. The number of hydrogen-bond donors (Lipinski definition) is 1. The monoisotopic (exact) mass is 308 g/mol. The Morgan fingerprint density at radius 3 is 2.53 bits per heavy atom. The molecule has 0 bridgehead atoms. The molecule has 0 saturated heterocycles. The first-order valence-electron chi connectivity index (χ1n) is 4.64. The van der Waals surface area contributed by atoms with Crippen LogP contribution in [0.25, 0.3) is 0 Å². The molecule has 0 spiro atoms. The van der Waals surface area contributed by atoms with Crippen molar-refractivity contribution in [1.29, 1.82) is 5.26 Å². The molecule has 0 unspecified atom stereocenters. The number of rotatable bonds is 2. The van der Waals surface area contributed by atoms with Crippen LogP contribution >= 0.6 is 27.5 Å². The third-order valence-electron chi connectivity index (χ3n) is 1.95. The average molecular weight is 310 g/mol. The summed E-state index contributed by atoms with van der Waals surface area (Å²) < 4.78 is 0.605. The van der Waals surface area contributed by atoms with E-state index >= 15 is 0 Å². The van der Waals surface area contributed by atoms with Crippen LogP contribution in [-0.4, -0.2) is 9.97 Å². The molecule has 0 atom stereocenters. The molecule has 4 nitrogen and oxygen atoms in total.